The number of carbonyl (C=O) groups is 1. The third kappa shape index (κ3) is 3.39. The van der Waals surface area contributed by atoms with Crippen LogP contribution in [0.4, 0.5) is 0 Å². The van der Waals surface area contributed by atoms with E-state index in [2.05, 4.69) is 31.1 Å². The Bertz CT molecular complexity index is 455. The van der Waals surface area contributed by atoms with Crippen molar-refractivity contribution in [2.75, 3.05) is 0 Å². The Morgan fingerprint density at radius 3 is 2.55 bits per heavy atom. The Labute approximate surface area is 120 Å². The average molecular weight is 278 g/mol. The van der Waals surface area contributed by atoms with Gasteiger partial charge in [-0.05, 0) is 31.1 Å². The number of carbonyl (C=O) groups excluding carboxylic acids is 1. The number of hydrogen-bond donors (Lipinski definition) is 2. The van der Waals surface area contributed by atoms with Crippen molar-refractivity contribution in [3.05, 3.63) is 18.7 Å². The lowest BCUT2D eigenvalue weighted by molar-refractivity contribution is -0.128. The Balaban J connectivity index is 2.06. The van der Waals surface area contributed by atoms with Crippen molar-refractivity contribution in [2.45, 2.75) is 58.7 Å². The number of imidazole rings is 1. The van der Waals surface area contributed by atoms with Crippen LogP contribution in [0.15, 0.2) is 18.7 Å². The lowest BCUT2D eigenvalue weighted by Gasteiger charge is -2.35. The van der Waals surface area contributed by atoms with Crippen LogP contribution in [0.3, 0.4) is 0 Å². The minimum atomic E-state index is -0.752. The second kappa shape index (κ2) is 5.20. The molecule has 2 unspecified atom stereocenters. The molecule has 2 atom stereocenters. The van der Waals surface area contributed by atoms with E-state index in [1.807, 2.05) is 17.7 Å². The average Bonchev–Trinajstić information content (AvgIpc) is 3.07. The van der Waals surface area contributed by atoms with E-state index in [0.717, 1.165) is 12.8 Å². The first-order valence-corrected chi connectivity index (χ1v) is 7.27. The van der Waals surface area contributed by atoms with E-state index in [0.29, 0.717) is 12.5 Å². The summed E-state index contributed by atoms with van der Waals surface area (Å²) >= 11 is 0. The number of rotatable bonds is 5. The highest BCUT2D eigenvalue weighted by molar-refractivity contribution is 5.86. The van der Waals surface area contributed by atoms with Gasteiger partial charge in [-0.15, -0.1) is 0 Å². The summed E-state index contributed by atoms with van der Waals surface area (Å²) in [5.41, 5.74) is 5.41. The van der Waals surface area contributed by atoms with Gasteiger partial charge in [0.15, 0.2) is 0 Å². The molecule has 1 aromatic rings. The second-order valence-electron chi connectivity index (χ2n) is 7.21. The normalized spacial score (nSPS) is 20.2. The van der Waals surface area contributed by atoms with E-state index in [1.54, 1.807) is 12.5 Å². The molecule has 5 heteroatoms. The summed E-state index contributed by atoms with van der Waals surface area (Å²) in [4.78, 5) is 16.5. The van der Waals surface area contributed by atoms with Crippen LogP contribution in [0.5, 0.6) is 0 Å². The molecule has 1 fully saturated rings. The molecule has 0 bridgehead atoms. The standard InChI is InChI=1S/C15H26N4O/c1-14(2,3)12(9-19-8-7-17-10-19)18-13(20)15(4,16)11-5-6-11/h7-8,10-12H,5-6,9,16H2,1-4H3,(H,18,20). The van der Waals surface area contributed by atoms with Gasteiger partial charge in [-0.3, -0.25) is 4.79 Å². The Kier molecular flexibility index (Phi) is 3.91. The minimum Gasteiger partial charge on any atom is -0.349 e. The van der Waals surface area contributed by atoms with E-state index in [9.17, 15) is 4.79 Å². The molecule has 112 valence electrons. The topological polar surface area (TPSA) is 72.9 Å². The first-order chi connectivity index (χ1) is 9.21. The van der Waals surface area contributed by atoms with Crippen LogP contribution < -0.4 is 11.1 Å². The van der Waals surface area contributed by atoms with Crippen LogP contribution in [-0.4, -0.2) is 27.0 Å². The zero-order valence-corrected chi connectivity index (χ0v) is 12.9. The number of amides is 1. The van der Waals surface area contributed by atoms with Crippen molar-refractivity contribution in [3.8, 4) is 0 Å². The fourth-order valence-corrected chi connectivity index (χ4v) is 2.32. The van der Waals surface area contributed by atoms with E-state index < -0.39 is 5.54 Å². The molecule has 0 aromatic carbocycles. The molecule has 0 aliphatic heterocycles. The molecule has 20 heavy (non-hydrogen) atoms. The van der Waals surface area contributed by atoms with Crippen LogP contribution in [0.1, 0.15) is 40.5 Å². The highest BCUT2D eigenvalue weighted by atomic mass is 16.2. The Morgan fingerprint density at radius 1 is 1.45 bits per heavy atom. The van der Waals surface area contributed by atoms with E-state index in [-0.39, 0.29) is 17.4 Å². The number of hydrogen-bond acceptors (Lipinski definition) is 3. The largest absolute Gasteiger partial charge is 0.349 e. The van der Waals surface area contributed by atoms with E-state index in [4.69, 9.17) is 5.73 Å². The summed E-state index contributed by atoms with van der Waals surface area (Å²) < 4.78 is 1.99. The molecule has 3 N–H and O–H groups in total. The Hall–Kier alpha value is -1.36. The summed E-state index contributed by atoms with van der Waals surface area (Å²) in [5, 5.41) is 3.14. The summed E-state index contributed by atoms with van der Waals surface area (Å²) in [6, 6.07) is 0.0193. The highest BCUT2D eigenvalue weighted by Crippen LogP contribution is 2.38. The van der Waals surface area contributed by atoms with Gasteiger partial charge >= 0.3 is 0 Å². The maximum Gasteiger partial charge on any atom is 0.240 e. The maximum absolute atomic E-state index is 12.5. The van der Waals surface area contributed by atoms with E-state index in [1.165, 1.54) is 0 Å². The van der Waals surface area contributed by atoms with Crippen molar-refractivity contribution in [1.29, 1.82) is 0 Å². The van der Waals surface area contributed by atoms with Crippen molar-refractivity contribution >= 4 is 5.91 Å². The van der Waals surface area contributed by atoms with Crippen molar-refractivity contribution < 1.29 is 4.79 Å². The first-order valence-electron chi connectivity index (χ1n) is 7.27. The predicted molar refractivity (Wildman–Crippen MR) is 78.9 cm³/mol. The number of nitrogens with zero attached hydrogens (tertiary/aromatic N) is 2. The third-order valence-electron chi connectivity index (χ3n) is 4.22. The quantitative estimate of drug-likeness (QED) is 0.858. The lowest BCUT2D eigenvalue weighted by atomic mass is 9.85. The summed E-state index contributed by atoms with van der Waals surface area (Å²) in [6.45, 7) is 8.92. The Morgan fingerprint density at radius 2 is 2.10 bits per heavy atom. The van der Waals surface area contributed by atoms with Gasteiger partial charge in [0.1, 0.15) is 0 Å². The van der Waals surface area contributed by atoms with Gasteiger partial charge in [-0.25, -0.2) is 4.98 Å². The van der Waals surface area contributed by atoms with Gasteiger partial charge in [0.2, 0.25) is 5.91 Å². The van der Waals surface area contributed by atoms with Crippen LogP contribution >= 0.6 is 0 Å². The first kappa shape index (κ1) is 15.0. The smallest absolute Gasteiger partial charge is 0.240 e. The van der Waals surface area contributed by atoms with Gasteiger partial charge < -0.3 is 15.6 Å². The zero-order valence-electron chi connectivity index (χ0n) is 12.9. The number of nitrogens with one attached hydrogen (secondary N) is 1. The SMILES string of the molecule is CC(C)(C)C(Cn1ccnc1)NC(=O)C(C)(N)C1CC1. The van der Waals surface area contributed by atoms with Gasteiger partial charge in [-0.2, -0.15) is 0 Å². The van der Waals surface area contributed by atoms with Gasteiger partial charge in [0.25, 0.3) is 0 Å². The zero-order chi connectivity index (χ0) is 15.0. The molecule has 1 aliphatic rings. The lowest BCUT2D eigenvalue weighted by Crippen LogP contribution is -2.58. The molecule has 1 amide bonds. The fraction of sp³-hybridized carbons (Fsp3) is 0.733. The molecule has 0 saturated heterocycles. The molecule has 5 nitrogen and oxygen atoms in total. The molecule has 1 aliphatic carbocycles. The molecule has 2 rings (SSSR count). The third-order valence-corrected chi connectivity index (χ3v) is 4.22. The monoisotopic (exact) mass is 278 g/mol. The molecule has 0 radical (unpaired) electrons. The number of aromatic nitrogens is 2. The van der Waals surface area contributed by atoms with E-state index >= 15 is 0 Å². The fourth-order valence-electron chi connectivity index (χ4n) is 2.32. The van der Waals surface area contributed by atoms with Gasteiger partial charge in [0, 0.05) is 18.9 Å². The molecular weight excluding hydrogens is 252 g/mol. The summed E-state index contributed by atoms with van der Waals surface area (Å²) in [7, 11) is 0. The maximum atomic E-state index is 12.5. The minimum absolute atomic E-state index is 0.0193. The van der Waals surface area contributed by atoms with Crippen LogP contribution in [0.25, 0.3) is 0 Å². The summed E-state index contributed by atoms with van der Waals surface area (Å²) in [5.74, 6) is 0.288. The predicted octanol–water partition coefficient (Wildman–Crippen LogP) is 1.54. The molecule has 1 aromatic heterocycles. The number of nitrogens with two attached hydrogens (primary N) is 1. The van der Waals surface area contributed by atoms with Gasteiger partial charge in [-0.1, -0.05) is 20.8 Å². The van der Waals surface area contributed by atoms with Crippen molar-refractivity contribution in [1.82, 2.24) is 14.9 Å². The molecular formula is C15H26N4O. The molecule has 0 spiro atoms. The van der Waals surface area contributed by atoms with Crippen molar-refractivity contribution in [2.24, 2.45) is 17.1 Å². The van der Waals surface area contributed by atoms with Crippen LogP contribution in [-0.2, 0) is 11.3 Å². The van der Waals surface area contributed by atoms with Crippen molar-refractivity contribution in [3.63, 3.8) is 0 Å². The van der Waals surface area contributed by atoms with Crippen LogP contribution in [0.2, 0.25) is 0 Å². The highest BCUT2D eigenvalue weighted by Gasteiger charge is 2.45. The molecule has 1 saturated carbocycles. The second-order valence-corrected chi connectivity index (χ2v) is 7.21. The van der Waals surface area contributed by atoms with Crippen LogP contribution in [0, 0.1) is 11.3 Å². The molecule has 1 heterocycles. The summed E-state index contributed by atoms with van der Waals surface area (Å²) in [6.07, 6.45) is 7.55. The van der Waals surface area contributed by atoms with Gasteiger partial charge in [0.05, 0.1) is 17.9 Å².